The van der Waals surface area contributed by atoms with E-state index in [1.807, 2.05) is 49.4 Å². The zero-order chi connectivity index (χ0) is 19.5. The van der Waals surface area contributed by atoms with Crippen LogP contribution >= 0.6 is 0 Å². The fourth-order valence-electron chi connectivity index (χ4n) is 3.17. The van der Waals surface area contributed by atoms with E-state index in [2.05, 4.69) is 10.1 Å². The second-order valence-corrected chi connectivity index (χ2v) is 6.72. The lowest BCUT2D eigenvalue weighted by atomic mass is 9.94. The molecule has 1 aliphatic rings. The summed E-state index contributed by atoms with van der Waals surface area (Å²) in [6.45, 7) is 3.01. The summed E-state index contributed by atoms with van der Waals surface area (Å²) < 4.78 is 25.4. The third-order valence-corrected chi connectivity index (χ3v) is 4.83. The van der Waals surface area contributed by atoms with Gasteiger partial charge in [0.25, 0.3) is 0 Å². The van der Waals surface area contributed by atoms with E-state index in [4.69, 9.17) is 15.0 Å². The molecular formula is C21H21FN4O2. The molecule has 2 N–H and O–H groups in total. The third-order valence-electron chi connectivity index (χ3n) is 4.83. The fraction of sp³-hybridized carbons (Fsp3) is 0.238. The van der Waals surface area contributed by atoms with E-state index in [0.29, 0.717) is 30.6 Å². The van der Waals surface area contributed by atoms with Crippen LogP contribution in [0.4, 0.5) is 4.39 Å². The lowest BCUT2D eigenvalue weighted by Crippen LogP contribution is -2.41. The van der Waals surface area contributed by atoms with Crippen molar-refractivity contribution in [3.05, 3.63) is 77.4 Å². The average molecular weight is 380 g/mol. The Bertz CT molecular complexity index is 987. The quantitative estimate of drug-likeness (QED) is 0.730. The Morgan fingerprint density at radius 1 is 1.18 bits per heavy atom. The summed E-state index contributed by atoms with van der Waals surface area (Å²) in [7, 11) is 0. The van der Waals surface area contributed by atoms with Crippen LogP contribution < -0.4 is 5.73 Å². The van der Waals surface area contributed by atoms with Gasteiger partial charge in [0.2, 0.25) is 0 Å². The zero-order valence-electron chi connectivity index (χ0n) is 15.5. The summed E-state index contributed by atoms with van der Waals surface area (Å²) in [6.07, 6.45) is 0. The van der Waals surface area contributed by atoms with Crippen LogP contribution in [0, 0.1) is 5.82 Å². The van der Waals surface area contributed by atoms with Crippen molar-refractivity contribution in [1.82, 2.24) is 10.1 Å². The molecule has 2 aromatic carbocycles. The van der Waals surface area contributed by atoms with Gasteiger partial charge in [0.1, 0.15) is 19.3 Å². The summed E-state index contributed by atoms with van der Waals surface area (Å²) >= 11 is 0. The van der Waals surface area contributed by atoms with Crippen LogP contribution in [0.15, 0.2) is 64.1 Å². The van der Waals surface area contributed by atoms with Crippen molar-refractivity contribution in [1.29, 1.82) is 0 Å². The van der Waals surface area contributed by atoms with E-state index in [0.717, 1.165) is 16.8 Å². The number of nitrogens with two attached hydrogens (primary N) is 1. The Labute approximate surface area is 162 Å². The topological polar surface area (TPSA) is 76.9 Å². The molecule has 0 spiro atoms. The van der Waals surface area contributed by atoms with Gasteiger partial charge in [-0.25, -0.2) is 9.38 Å². The third kappa shape index (κ3) is 3.75. The van der Waals surface area contributed by atoms with E-state index >= 15 is 0 Å². The molecule has 1 aliphatic heterocycles. The van der Waals surface area contributed by atoms with E-state index in [9.17, 15) is 4.39 Å². The van der Waals surface area contributed by atoms with Gasteiger partial charge in [0, 0.05) is 17.5 Å². The average Bonchev–Trinajstić information content (AvgIpc) is 3.18. The summed E-state index contributed by atoms with van der Waals surface area (Å²) in [4.78, 5) is 5.79. The molecule has 1 atom stereocenters. The van der Waals surface area contributed by atoms with Crippen LogP contribution in [0.3, 0.4) is 0 Å². The maximum absolute atomic E-state index is 14.7. The molecule has 0 saturated carbocycles. The Morgan fingerprint density at radius 3 is 2.75 bits per heavy atom. The Hall–Kier alpha value is -3.19. The number of ether oxygens (including phenoxy) is 1. The van der Waals surface area contributed by atoms with Crippen molar-refractivity contribution in [2.75, 3.05) is 13.5 Å². The van der Waals surface area contributed by atoms with Gasteiger partial charge in [-0.3, -0.25) is 0 Å². The highest BCUT2D eigenvalue weighted by Gasteiger charge is 2.19. The van der Waals surface area contributed by atoms with Gasteiger partial charge in [-0.05, 0) is 17.2 Å². The Kier molecular flexibility index (Phi) is 5.08. The molecule has 6 nitrogen and oxygen atoms in total. The van der Waals surface area contributed by atoms with E-state index < -0.39 is 0 Å². The molecule has 0 saturated heterocycles. The Morgan fingerprint density at radius 2 is 2.00 bits per heavy atom. The first-order valence-electron chi connectivity index (χ1n) is 9.05. The lowest BCUT2D eigenvalue weighted by molar-refractivity contribution is 0.0456. The first-order chi connectivity index (χ1) is 13.6. The van der Waals surface area contributed by atoms with Gasteiger partial charge >= 0.3 is 0 Å². The second kappa shape index (κ2) is 7.82. The summed E-state index contributed by atoms with van der Waals surface area (Å²) in [5.41, 5.74) is 8.85. The Balaban J connectivity index is 1.51. The molecule has 0 fully saturated rings. The van der Waals surface area contributed by atoms with Gasteiger partial charge < -0.3 is 19.9 Å². The predicted molar refractivity (Wildman–Crippen MR) is 104 cm³/mol. The smallest absolute Gasteiger partial charge is 0.195 e. The van der Waals surface area contributed by atoms with Crippen molar-refractivity contribution in [3.8, 4) is 11.1 Å². The van der Waals surface area contributed by atoms with Crippen molar-refractivity contribution in [3.63, 3.8) is 0 Å². The van der Waals surface area contributed by atoms with Crippen molar-refractivity contribution < 1.29 is 13.7 Å². The molecule has 1 aromatic heterocycles. The number of aromatic nitrogens is 1. The number of halogens is 1. The second-order valence-electron chi connectivity index (χ2n) is 6.72. The normalized spacial score (nSPS) is 15.4. The number of hydrogen-bond acceptors (Lipinski definition) is 6. The highest BCUT2D eigenvalue weighted by Crippen LogP contribution is 2.29. The van der Waals surface area contributed by atoms with Crippen molar-refractivity contribution in [2.45, 2.75) is 19.4 Å². The van der Waals surface area contributed by atoms with E-state index in [1.54, 1.807) is 17.0 Å². The minimum absolute atomic E-state index is 0.111. The van der Waals surface area contributed by atoms with Crippen LogP contribution in [-0.2, 0) is 11.3 Å². The van der Waals surface area contributed by atoms with Gasteiger partial charge in [-0.2, -0.15) is 0 Å². The molecule has 28 heavy (non-hydrogen) atoms. The van der Waals surface area contributed by atoms with E-state index in [-0.39, 0.29) is 18.5 Å². The molecule has 0 bridgehead atoms. The molecule has 7 heteroatoms. The standard InChI is InChI=1S/C21H21FN4O2/c1-14(16-7-8-18(19(22)9-16)15-5-3-2-4-6-15)20-10-17(28-25-20)11-26-13-27-12-24-21(26)23/h2-10,14H,11-13H2,1H3,(H2,23,24). The van der Waals surface area contributed by atoms with Gasteiger partial charge in [-0.15, -0.1) is 0 Å². The number of guanidine groups is 1. The van der Waals surface area contributed by atoms with Crippen LogP contribution in [0.2, 0.25) is 0 Å². The monoisotopic (exact) mass is 380 g/mol. The minimum atomic E-state index is -0.256. The lowest BCUT2D eigenvalue weighted by Gasteiger charge is -2.25. The molecule has 3 aromatic rings. The molecular weight excluding hydrogens is 359 g/mol. The van der Waals surface area contributed by atoms with Gasteiger partial charge in [0.15, 0.2) is 11.7 Å². The first-order valence-corrected chi connectivity index (χ1v) is 9.05. The number of rotatable bonds is 5. The SMILES string of the molecule is CC(c1ccc(-c2ccccc2)c(F)c1)c1cc(CN2COCN=C2N)on1. The van der Waals surface area contributed by atoms with Crippen LogP contribution in [0.25, 0.3) is 11.1 Å². The maximum Gasteiger partial charge on any atom is 0.195 e. The van der Waals surface area contributed by atoms with Crippen LogP contribution in [0.5, 0.6) is 0 Å². The number of hydrogen-bond donors (Lipinski definition) is 1. The number of nitrogens with zero attached hydrogens (tertiary/aromatic N) is 3. The van der Waals surface area contributed by atoms with Gasteiger partial charge in [0.05, 0.1) is 12.2 Å². The van der Waals surface area contributed by atoms with Crippen LogP contribution in [0.1, 0.15) is 29.9 Å². The summed E-state index contributed by atoms with van der Waals surface area (Å²) in [6, 6.07) is 16.6. The number of benzene rings is 2. The summed E-state index contributed by atoms with van der Waals surface area (Å²) in [5, 5.41) is 4.15. The highest BCUT2D eigenvalue weighted by molar-refractivity contribution is 5.78. The molecule has 144 valence electrons. The molecule has 2 heterocycles. The first kappa shape index (κ1) is 18.2. The van der Waals surface area contributed by atoms with E-state index in [1.165, 1.54) is 0 Å². The summed E-state index contributed by atoms with van der Waals surface area (Å²) in [5.74, 6) is 0.692. The highest BCUT2D eigenvalue weighted by atomic mass is 19.1. The molecule has 0 aliphatic carbocycles. The minimum Gasteiger partial charge on any atom is -0.370 e. The predicted octanol–water partition coefficient (Wildman–Crippen LogP) is 3.69. The molecule has 4 rings (SSSR count). The van der Waals surface area contributed by atoms with Crippen molar-refractivity contribution in [2.24, 2.45) is 10.7 Å². The number of aliphatic imine (C=N–C) groups is 1. The van der Waals surface area contributed by atoms with Crippen LogP contribution in [-0.4, -0.2) is 29.5 Å². The largest absolute Gasteiger partial charge is 0.370 e. The zero-order valence-corrected chi connectivity index (χ0v) is 15.5. The molecule has 1 unspecified atom stereocenters. The van der Waals surface area contributed by atoms with Crippen molar-refractivity contribution >= 4 is 5.96 Å². The maximum atomic E-state index is 14.7. The molecule has 0 amide bonds. The van der Waals surface area contributed by atoms with Gasteiger partial charge in [-0.1, -0.05) is 54.5 Å². The fourth-order valence-corrected chi connectivity index (χ4v) is 3.17. The molecule has 0 radical (unpaired) electrons.